The molecule has 0 fully saturated rings. The van der Waals surface area contributed by atoms with Crippen molar-refractivity contribution in [2.75, 3.05) is 17.3 Å². The topological polar surface area (TPSA) is 16.1 Å². The molecule has 0 radical (unpaired) electrons. The highest BCUT2D eigenvalue weighted by Crippen LogP contribution is 2.23. The van der Waals surface area contributed by atoms with Crippen LogP contribution in [0.25, 0.3) is 10.9 Å². The van der Waals surface area contributed by atoms with E-state index in [4.69, 9.17) is 4.98 Å². The van der Waals surface area contributed by atoms with E-state index >= 15 is 0 Å². The fraction of sp³-hybridized carbons (Fsp3) is 0.357. The second-order valence-electron chi connectivity index (χ2n) is 4.44. The molecule has 0 aliphatic carbocycles. The minimum Gasteiger partial charge on any atom is -0.356 e. The Morgan fingerprint density at radius 3 is 2.76 bits per heavy atom. The number of para-hydroxylation sites is 1. The van der Waals surface area contributed by atoms with Gasteiger partial charge in [0.1, 0.15) is 5.82 Å². The van der Waals surface area contributed by atoms with Crippen LogP contribution in [0.2, 0.25) is 0 Å². The number of fused-ring (bicyclic) bond motifs is 1. The maximum absolute atomic E-state index is 4.75. The predicted molar refractivity (Wildman–Crippen MR) is 78.1 cm³/mol. The minimum absolute atomic E-state index is 0.433. The number of alkyl halides is 1. The summed E-state index contributed by atoms with van der Waals surface area (Å²) in [6, 6.07) is 10.9. The molecule has 1 aromatic carbocycles. The fourth-order valence-corrected chi connectivity index (χ4v) is 2.32. The standard InChI is InChI=1S/C14H17BrN2/c1-10-8-12-6-4-5-7-13(12)16-14(10)17(3)11(2)9-15/h4-8,11H,9H2,1-3H3. The van der Waals surface area contributed by atoms with Crippen LogP contribution >= 0.6 is 15.9 Å². The van der Waals surface area contributed by atoms with E-state index in [0.29, 0.717) is 6.04 Å². The van der Waals surface area contributed by atoms with Gasteiger partial charge in [0.15, 0.2) is 0 Å². The van der Waals surface area contributed by atoms with Crippen molar-refractivity contribution in [2.24, 2.45) is 0 Å². The van der Waals surface area contributed by atoms with E-state index in [-0.39, 0.29) is 0 Å². The lowest BCUT2D eigenvalue weighted by molar-refractivity contribution is 0.756. The lowest BCUT2D eigenvalue weighted by Crippen LogP contribution is -2.31. The highest BCUT2D eigenvalue weighted by Gasteiger charge is 2.13. The Balaban J connectivity index is 2.50. The van der Waals surface area contributed by atoms with Gasteiger partial charge in [-0.3, -0.25) is 0 Å². The molecule has 0 spiro atoms. The van der Waals surface area contributed by atoms with Gasteiger partial charge in [0.2, 0.25) is 0 Å². The van der Waals surface area contributed by atoms with E-state index in [2.05, 4.69) is 59.9 Å². The molecule has 0 amide bonds. The van der Waals surface area contributed by atoms with Crippen LogP contribution in [0.4, 0.5) is 5.82 Å². The summed E-state index contributed by atoms with van der Waals surface area (Å²) in [5, 5.41) is 2.14. The smallest absolute Gasteiger partial charge is 0.132 e. The first-order valence-electron chi connectivity index (χ1n) is 5.78. The molecule has 0 saturated carbocycles. The summed E-state index contributed by atoms with van der Waals surface area (Å²) in [5.74, 6) is 1.07. The molecule has 0 aliphatic rings. The third kappa shape index (κ3) is 2.44. The molecule has 0 N–H and O–H groups in total. The first-order valence-corrected chi connectivity index (χ1v) is 6.91. The Labute approximate surface area is 111 Å². The molecule has 2 nitrogen and oxygen atoms in total. The maximum atomic E-state index is 4.75. The number of aryl methyl sites for hydroxylation is 1. The van der Waals surface area contributed by atoms with E-state index in [9.17, 15) is 0 Å². The first kappa shape index (κ1) is 12.4. The zero-order valence-corrected chi connectivity index (χ0v) is 12.0. The van der Waals surface area contributed by atoms with Gasteiger partial charge < -0.3 is 4.90 Å². The van der Waals surface area contributed by atoms with Crippen molar-refractivity contribution < 1.29 is 0 Å². The number of halogens is 1. The maximum Gasteiger partial charge on any atom is 0.132 e. The van der Waals surface area contributed by atoms with Crippen molar-refractivity contribution in [3.05, 3.63) is 35.9 Å². The average molecular weight is 293 g/mol. The Morgan fingerprint density at radius 2 is 2.06 bits per heavy atom. The van der Waals surface area contributed by atoms with Crippen LogP contribution in [0.5, 0.6) is 0 Å². The summed E-state index contributed by atoms with van der Waals surface area (Å²) < 4.78 is 0. The normalized spacial score (nSPS) is 12.7. The molecule has 0 aliphatic heterocycles. The number of nitrogens with zero attached hydrogens (tertiary/aromatic N) is 2. The molecule has 0 saturated heterocycles. The molecule has 17 heavy (non-hydrogen) atoms. The quantitative estimate of drug-likeness (QED) is 0.801. The Morgan fingerprint density at radius 1 is 1.35 bits per heavy atom. The van der Waals surface area contributed by atoms with E-state index in [1.807, 2.05) is 12.1 Å². The predicted octanol–water partition coefficient (Wildman–Crippen LogP) is 3.76. The van der Waals surface area contributed by atoms with Crippen molar-refractivity contribution in [3.8, 4) is 0 Å². The summed E-state index contributed by atoms with van der Waals surface area (Å²) in [5.41, 5.74) is 2.28. The number of hydrogen-bond acceptors (Lipinski definition) is 2. The number of aromatic nitrogens is 1. The third-order valence-electron chi connectivity index (χ3n) is 3.11. The number of benzene rings is 1. The molecule has 1 unspecified atom stereocenters. The van der Waals surface area contributed by atoms with Crippen LogP contribution in [0, 0.1) is 6.92 Å². The lowest BCUT2D eigenvalue weighted by Gasteiger charge is -2.26. The molecule has 1 heterocycles. The summed E-state index contributed by atoms with van der Waals surface area (Å²) in [6.45, 7) is 4.30. The van der Waals surface area contributed by atoms with Gasteiger partial charge in [0.05, 0.1) is 5.52 Å². The van der Waals surface area contributed by atoms with Crippen molar-refractivity contribution in [3.63, 3.8) is 0 Å². The number of hydrogen-bond donors (Lipinski definition) is 0. The number of pyridine rings is 1. The van der Waals surface area contributed by atoms with Crippen molar-refractivity contribution in [1.29, 1.82) is 0 Å². The highest BCUT2D eigenvalue weighted by atomic mass is 79.9. The fourth-order valence-electron chi connectivity index (χ4n) is 1.88. The molecular formula is C14H17BrN2. The zero-order valence-electron chi connectivity index (χ0n) is 10.4. The Kier molecular flexibility index (Phi) is 3.67. The Bertz CT molecular complexity index is 525. The molecule has 3 heteroatoms. The van der Waals surface area contributed by atoms with Crippen molar-refractivity contribution in [1.82, 2.24) is 4.98 Å². The van der Waals surface area contributed by atoms with Gasteiger partial charge >= 0.3 is 0 Å². The van der Waals surface area contributed by atoms with E-state index in [1.54, 1.807) is 0 Å². The van der Waals surface area contributed by atoms with Crippen LogP contribution in [-0.4, -0.2) is 23.4 Å². The summed E-state index contributed by atoms with van der Waals surface area (Å²) >= 11 is 3.52. The molecule has 2 rings (SSSR count). The highest BCUT2D eigenvalue weighted by molar-refractivity contribution is 9.09. The third-order valence-corrected chi connectivity index (χ3v) is 4.04. The van der Waals surface area contributed by atoms with E-state index in [1.165, 1.54) is 10.9 Å². The van der Waals surface area contributed by atoms with Gasteiger partial charge in [-0.25, -0.2) is 4.98 Å². The second kappa shape index (κ2) is 5.05. The van der Waals surface area contributed by atoms with Crippen molar-refractivity contribution >= 4 is 32.7 Å². The Hall–Kier alpha value is -1.09. The minimum atomic E-state index is 0.433. The van der Waals surface area contributed by atoms with Gasteiger partial charge in [-0.2, -0.15) is 0 Å². The van der Waals surface area contributed by atoms with E-state index in [0.717, 1.165) is 16.7 Å². The van der Waals surface area contributed by atoms with Gasteiger partial charge in [-0.15, -0.1) is 0 Å². The molecule has 0 bridgehead atoms. The average Bonchev–Trinajstić information content (AvgIpc) is 2.36. The van der Waals surface area contributed by atoms with Crippen LogP contribution in [0.15, 0.2) is 30.3 Å². The van der Waals surface area contributed by atoms with Gasteiger partial charge in [0.25, 0.3) is 0 Å². The van der Waals surface area contributed by atoms with E-state index < -0.39 is 0 Å². The number of anilines is 1. The number of rotatable bonds is 3. The first-order chi connectivity index (χ1) is 8.13. The van der Waals surface area contributed by atoms with Crippen LogP contribution in [0.1, 0.15) is 12.5 Å². The molecule has 1 atom stereocenters. The summed E-state index contributed by atoms with van der Waals surface area (Å²) in [7, 11) is 2.09. The molecule has 1 aromatic heterocycles. The summed E-state index contributed by atoms with van der Waals surface area (Å²) in [6.07, 6.45) is 0. The SMILES string of the molecule is Cc1cc2ccccc2nc1N(C)C(C)CBr. The monoisotopic (exact) mass is 292 g/mol. The van der Waals surface area contributed by atoms with Crippen LogP contribution < -0.4 is 4.90 Å². The summed E-state index contributed by atoms with van der Waals surface area (Å²) in [4.78, 5) is 6.97. The largest absolute Gasteiger partial charge is 0.356 e. The second-order valence-corrected chi connectivity index (χ2v) is 5.08. The van der Waals surface area contributed by atoms with Gasteiger partial charge in [0, 0.05) is 23.8 Å². The lowest BCUT2D eigenvalue weighted by atomic mass is 10.1. The van der Waals surface area contributed by atoms with Crippen LogP contribution in [0.3, 0.4) is 0 Å². The molecule has 90 valence electrons. The van der Waals surface area contributed by atoms with Crippen molar-refractivity contribution in [2.45, 2.75) is 19.9 Å². The van der Waals surface area contributed by atoms with Crippen LogP contribution in [-0.2, 0) is 0 Å². The molecule has 2 aromatic rings. The van der Waals surface area contributed by atoms with Gasteiger partial charge in [-0.1, -0.05) is 34.1 Å². The zero-order chi connectivity index (χ0) is 12.4. The van der Waals surface area contributed by atoms with Gasteiger partial charge in [-0.05, 0) is 31.5 Å². The molecular weight excluding hydrogens is 276 g/mol.